The summed E-state index contributed by atoms with van der Waals surface area (Å²) in [5, 5.41) is 5.10. The van der Waals surface area contributed by atoms with Crippen LogP contribution in [0.4, 0.5) is 0 Å². The molecule has 0 unspecified atom stereocenters. The Morgan fingerprint density at radius 1 is 0.419 bits per heavy atom. The maximum Gasteiger partial charge on any atom is 0.0159 e. The van der Waals surface area contributed by atoms with Crippen LogP contribution in [0.5, 0.6) is 0 Å². The van der Waals surface area contributed by atoms with Crippen LogP contribution >= 0.6 is 0 Å². The van der Waals surface area contributed by atoms with Crippen LogP contribution < -0.4 is 0 Å². The standard InChI is InChI=1S/C43H32/c1-43(2)40-20-12-11-18-36(40)37-26-23-32(28-41(37)43)42-38-19-10-9-17-33(38)34(24-21-29-13-5-3-6-14-29)35-25-22-31(27-39(35)42)30-15-7-4-8-16-30/h3-28H,1-2H3. The third kappa shape index (κ3) is 4.14. The summed E-state index contributed by atoms with van der Waals surface area (Å²) in [6.45, 7) is 4.73. The maximum absolute atomic E-state index is 2.46. The van der Waals surface area contributed by atoms with Crippen LogP contribution in [0.15, 0.2) is 146 Å². The summed E-state index contributed by atoms with van der Waals surface area (Å²) in [5.41, 5.74) is 13.0. The van der Waals surface area contributed by atoms with Crippen molar-refractivity contribution in [1.82, 2.24) is 0 Å². The lowest BCUT2D eigenvalue weighted by Gasteiger charge is -2.23. The molecule has 0 saturated heterocycles. The largest absolute Gasteiger partial charge is 0.0622 e. The highest BCUT2D eigenvalue weighted by molar-refractivity contribution is 6.19. The average molecular weight is 549 g/mol. The van der Waals surface area contributed by atoms with Gasteiger partial charge in [0.2, 0.25) is 0 Å². The number of hydrogen-bond acceptors (Lipinski definition) is 0. The van der Waals surface area contributed by atoms with Gasteiger partial charge in [0.1, 0.15) is 0 Å². The van der Waals surface area contributed by atoms with Crippen LogP contribution in [-0.4, -0.2) is 0 Å². The molecular formula is C43H32. The van der Waals surface area contributed by atoms with E-state index in [9.17, 15) is 0 Å². The molecule has 0 atom stereocenters. The van der Waals surface area contributed by atoms with Gasteiger partial charge in [0.15, 0.2) is 0 Å². The molecule has 0 N–H and O–H groups in total. The predicted octanol–water partition coefficient (Wildman–Crippen LogP) is 11.8. The molecule has 0 heteroatoms. The van der Waals surface area contributed by atoms with Crippen molar-refractivity contribution in [2.45, 2.75) is 19.3 Å². The number of hydrogen-bond donors (Lipinski definition) is 0. The Morgan fingerprint density at radius 2 is 1.05 bits per heavy atom. The molecule has 7 aromatic carbocycles. The van der Waals surface area contributed by atoms with Crippen LogP contribution in [0.3, 0.4) is 0 Å². The summed E-state index contributed by atoms with van der Waals surface area (Å²) >= 11 is 0. The van der Waals surface area contributed by atoms with Gasteiger partial charge in [-0.05, 0) is 89.3 Å². The maximum atomic E-state index is 2.46. The van der Waals surface area contributed by atoms with Gasteiger partial charge in [-0.25, -0.2) is 0 Å². The molecule has 1 aliphatic carbocycles. The Morgan fingerprint density at radius 3 is 1.86 bits per heavy atom. The number of benzene rings is 7. The first-order valence-electron chi connectivity index (χ1n) is 15.1. The fraction of sp³-hybridized carbons (Fsp3) is 0.0698. The summed E-state index contributed by atoms with van der Waals surface area (Å²) in [6.07, 6.45) is 4.54. The summed E-state index contributed by atoms with van der Waals surface area (Å²) < 4.78 is 0. The highest BCUT2D eigenvalue weighted by Gasteiger charge is 2.35. The van der Waals surface area contributed by atoms with Gasteiger partial charge in [-0.2, -0.15) is 0 Å². The van der Waals surface area contributed by atoms with E-state index in [1.54, 1.807) is 0 Å². The Kier molecular flexibility index (Phi) is 5.91. The SMILES string of the molecule is CC1(C)c2ccccc2-c2ccc(-c3c4ccccc4c(C=Cc4ccccc4)c4ccc(-c5ccccc5)cc34)cc21. The summed E-state index contributed by atoms with van der Waals surface area (Å²) in [6, 6.07) is 53.3. The van der Waals surface area contributed by atoms with E-state index < -0.39 is 0 Å². The second-order valence-electron chi connectivity index (χ2n) is 12.1. The smallest absolute Gasteiger partial charge is 0.0159 e. The third-order valence-corrected chi connectivity index (χ3v) is 9.29. The van der Waals surface area contributed by atoms with E-state index >= 15 is 0 Å². The van der Waals surface area contributed by atoms with Crippen LogP contribution in [0.2, 0.25) is 0 Å². The second-order valence-corrected chi connectivity index (χ2v) is 12.1. The van der Waals surface area contributed by atoms with Crippen molar-refractivity contribution in [3.05, 3.63) is 168 Å². The summed E-state index contributed by atoms with van der Waals surface area (Å²) in [4.78, 5) is 0. The van der Waals surface area contributed by atoms with E-state index in [2.05, 4.69) is 172 Å². The number of rotatable bonds is 4. The first kappa shape index (κ1) is 25.5. The van der Waals surface area contributed by atoms with E-state index in [0.29, 0.717) is 0 Å². The van der Waals surface area contributed by atoms with E-state index in [-0.39, 0.29) is 5.41 Å². The quantitative estimate of drug-likeness (QED) is 0.152. The lowest BCUT2D eigenvalue weighted by molar-refractivity contribution is 0.660. The van der Waals surface area contributed by atoms with E-state index in [4.69, 9.17) is 0 Å². The molecule has 0 nitrogen and oxygen atoms in total. The summed E-state index contributed by atoms with van der Waals surface area (Å²) in [5.74, 6) is 0. The van der Waals surface area contributed by atoms with E-state index in [0.717, 1.165) is 0 Å². The van der Waals surface area contributed by atoms with Crippen molar-refractivity contribution in [1.29, 1.82) is 0 Å². The molecule has 0 spiro atoms. The van der Waals surface area contributed by atoms with Crippen molar-refractivity contribution < 1.29 is 0 Å². The van der Waals surface area contributed by atoms with Crippen molar-refractivity contribution in [2.75, 3.05) is 0 Å². The monoisotopic (exact) mass is 548 g/mol. The minimum atomic E-state index is -0.0545. The molecule has 0 aromatic heterocycles. The molecule has 43 heavy (non-hydrogen) atoms. The minimum Gasteiger partial charge on any atom is -0.0622 e. The van der Waals surface area contributed by atoms with Crippen LogP contribution in [0, 0.1) is 0 Å². The van der Waals surface area contributed by atoms with Crippen molar-refractivity contribution in [3.8, 4) is 33.4 Å². The zero-order chi connectivity index (χ0) is 29.0. The van der Waals surface area contributed by atoms with Gasteiger partial charge >= 0.3 is 0 Å². The van der Waals surface area contributed by atoms with Crippen LogP contribution in [-0.2, 0) is 5.41 Å². The predicted molar refractivity (Wildman–Crippen MR) is 185 cm³/mol. The van der Waals surface area contributed by atoms with Gasteiger partial charge in [-0.1, -0.05) is 159 Å². The van der Waals surface area contributed by atoms with Crippen molar-refractivity contribution in [2.24, 2.45) is 0 Å². The highest BCUT2D eigenvalue weighted by atomic mass is 14.4. The minimum absolute atomic E-state index is 0.0545. The molecule has 0 amide bonds. The lowest BCUT2D eigenvalue weighted by Crippen LogP contribution is -2.14. The van der Waals surface area contributed by atoms with Gasteiger partial charge in [0.05, 0.1) is 0 Å². The van der Waals surface area contributed by atoms with Gasteiger partial charge in [0.25, 0.3) is 0 Å². The van der Waals surface area contributed by atoms with Crippen molar-refractivity contribution >= 4 is 33.7 Å². The number of fused-ring (bicyclic) bond motifs is 5. The van der Waals surface area contributed by atoms with Crippen LogP contribution in [0.1, 0.15) is 36.1 Å². The van der Waals surface area contributed by atoms with Gasteiger partial charge < -0.3 is 0 Å². The fourth-order valence-corrected chi connectivity index (χ4v) is 7.12. The topological polar surface area (TPSA) is 0 Å². The Bertz CT molecular complexity index is 2180. The molecule has 7 aromatic rings. The molecule has 1 aliphatic rings. The van der Waals surface area contributed by atoms with Crippen molar-refractivity contribution in [3.63, 3.8) is 0 Å². The average Bonchev–Trinajstić information content (AvgIpc) is 3.29. The molecular weight excluding hydrogens is 516 g/mol. The van der Waals surface area contributed by atoms with Gasteiger partial charge in [0, 0.05) is 5.41 Å². The molecule has 8 rings (SSSR count). The fourth-order valence-electron chi connectivity index (χ4n) is 7.12. The van der Waals surface area contributed by atoms with Crippen LogP contribution in [0.25, 0.3) is 67.1 Å². The molecule has 0 radical (unpaired) electrons. The zero-order valence-electron chi connectivity index (χ0n) is 24.5. The second kappa shape index (κ2) is 9.96. The highest BCUT2D eigenvalue weighted by Crippen LogP contribution is 2.51. The molecule has 204 valence electrons. The third-order valence-electron chi connectivity index (χ3n) is 9.29. The van der Waals surface area contributed by atoms with Gasteiger partial charge in [-0.15, -0.1) is 0 Å². The normalized spacial score (nSPS) is 13.4. The molecule has 0 heterocycles. The molecule has 0 saturated carbocycles. The first-order valence-corrected chi connectivity index (χ1v) is 15.1. The lowest BCUT2D eigenvalue weighted by atomic mass is 9.80. The Hall–Kier alpha value is -5.20. The van der Waals surface area contributed by atoms with E-state index in [1.165, 1.54) is 77.2 Å². The molecule has 0 bridgehead atoms. The first-order chi connectivity index (χ1) is 21.1. The Labute approximate surface area is 253 Å². The molecule has 0 fully saturated rings. The van der Waals surface area contributed by atoms with E-state index in [1.807, 2.05) is 0 Å². The van der Waals surface area contributed by atoms with Gasteiger partial charge in [-0.3, -0.25) is 0 Å². The Balaban J connectivity index is 1.43. The molecule has 0 aliphatic heterocycles. The zero-order valence-corrected chi connectivity index (χ0v) is 24.5. The summed E-state index contributed by atoms with van der Waals surface area (Å²) in [7, 11) is 0.